The summed E-state index contributed by atoms with van der Waals surface area (Å²) in [6.45, 7) is 1.10. The number of carboxylic acid groups (broad SMARTS) is 1. The average molecular weight is 546 g/mol. The Morgan fingerprint density at radius 2 is 1.84 bits per heavy atom. The number of aliphatic carboxylic acids is 1. The van der Waals surface area contributed by atoms with E-state index in [1.807, 2.05) is 13.0 Å². The highest BCUT2D eigenvalue weighted by molar-refractivity contribution is 7.89. The van der Waals surface area contributed by atoms with Crippen LogP contribution in [0.4, 0.5) is 4.79 Å². The van der Waals surface area contributed by atoms with Crippen molar-refractivity contribution in [3.8, 4) is 0 Å². The third kappa shape index (κ3) is 7.15. The molecule has 13 heteroatoms. The van der Waals surface area contributed by atoms with Crippen molar-refractivity contribution in [2.75, 3.05) is 26.7 Å². The number of likely N-dealkylation sites (N-methyl/N-ethyl adjacent to an activating group) is 1. The summed E-state index contributed by atoms with van der Waals surface area (Å²) in [7, 11) is -2.68. The van der Waals surface area contributed by atoms with Crippen LogP contribution in [0.3, 0.4) is 0 Å². The third-order valence-electron chi connectivity index (χ3n) is 6.09. The Hall–Kier alpha value is -3.81. The molecule has 2 aromatic carbocycles. The largest absolute Gasteiger partial charge is 0.480 e. The number of sulfonamides is 1. The summed E-state index contributed by atoms with van der Waals surface area (Å²) in [5, 5.41) is 18.1. The van der Waals surface area contributed by atoms with Gasteiger partial charge in [0.2, 0.25) is 5.91 Å². The molecule has 0 aromatic heterocycles. The van der Waals surface area contributed by atoms with E-state index in [1.54, 1.807) is 36.4 Å². The Balaban J connectivity index is 1.89. The number of amides is 2. The number of benzene rings is 2. The van der Waals surface area contributed by atoms with Crippen molar-refractivity contribution in [2.24, 2.45) is 0 Å². The van der Waals surface area contributed by atoms with Crippen LogP contribution in [-0.2, 0) is 31.0 Å². The molecule has 12 nitrogen and oxygen atoms in total. The van der Waals surface area contributed by atoms with Crippen molar-refractivity contribution < 1.29 is 32.6 Å². The van der Waals surface area contributed by atoms with E-state index in [-0.39, 0.29) is 31.0 Å². The number of nitrogens with zero attached hydrogens (tertiary/aromatic N) is 3. The van der Waals surface area contributed by atoms with Crippen molar-refractivity contribution in [2.45, 2.75) is 36.9 Å². The molecule has 0 radical (unpaired) electrons. The molecule has 1 aliphatic heterocycles. The first-order chi connectivity index (χ1) is 18.0. The minimum absolute atomic E-state index is 0.00912. The number of carbonyl (C=O) groups is 3. The van der Waals surface area contributed by atoms with Crippen LogP contribution in [-0.4, -0.2) is 91.3 Å². The predicted octanol–water partition coefficient (Wildman–Crippen LogP) is 1.46. The summed E-state index contributed by atoms with van der Waals surface area (Å²) in [6, 6.07) is 12.7. The molecule has 3 rings (SSSR count). The van der Waals surface area contributed by atoms with Gasteiger partial charge in [-0.2, -0.15) is 0 Å². The highest BCUT2D eigenvalue weighted by atomic mass is 32.2. The van der Waals surface area contributed by atoms with Gasteiger partial charge in [-0.3, -0.25) is 14.5 Å². The normalized spacial score (nSPS) is 16.8. The molecule has 1 fully saturated rings. The van der Waals surface area contributed by atoms with Crippen LogP contribution in [0.5, 0.6) is 0 Å². The van der Waals surface area contributed by atoms with Crippen LogP contribution in [0.1, 0.15) is 17.5 Å². The van der Waals surface area contributed by atoms with E-state index >= 15 is 0 Å². The number of rotatable bonds is 11. The second kappa shape index (κ2) is 12.6. The Bertz CT molecular complexity index is 1250. The van der Waals surface area contributed by atoms with Gasteiger partial charge in [0.1, 0.15) is 19.2 Å². The summed E-state index contributed by atoms with van der Waals surface area (Å²) in [4.78, 5) is 42.6. The fraction of sp³-hybridized carbons (Fsp3) is 0.360. The maximum atomic E-state index is 13.5. The molecule has 1 saturated heterocycles. The molecule has 3 N–H and O–H groups in total. The Morgan fingerprint density at radius 1 is 1.18 bits per heavy atom. The minimum Gasteiger partial charge on any atom is -0.480 e. The fourth-order valence-corrected chi connectivity index (χ4v) is 5.26. The minimum atomic E-state index is -4.07. The second-order valence-electron chi connectivity index (χ2n) is 8.86. The highest BCUT2D eigenvalue weighted by Gasteiger charge is 2.45. The Labute approximate surface area is 221 Å². The van der Waals surface area contributed by atoms with E-state index in [9.17, 15) is 27.9 Å². The molecule has 0 aliphatic carbocycles. The summed E-state index contributed by atoms with van der Waals surface area (Å²) in [6.07, 6.45) is 0.0669. The van der Waals surface area contributed by atoms with Crippen LogP contribution in [0.25, 0.3) is 0 Å². The fourth-order valence-electron chi connectivity index (χ4n) is 4.14. The lowest BCUT2D eigenvalue weighted by Crippen LogP contribution is -2.67. The molecule has 0 spiro atoms. The van der Waals surface area contributed by atoms with E-state index in [2.05, 4.69) is 4.83 Å². The van der Waals surface area contributed by atoms with E-state index in [0.29, 0.717) is 0 Å². The maximum Gasteiger partial charge on any atom is 0.410 e. The second-order valence-corrected chi connectivity index (χ2v) is 10.5. The molecular weight excluding hydrogens is 514 g/mol. The van der Waals surface area contributed by atoms with Crippen LogP contribution in [0, 0.1) is 12.3 Å². The smallest absolute Gasteiger partial charge is 0.410 e. The summed E-state index contributed by atoms with van der Waals surface area (Å²) >= 11 is 0. The number of nitrogens with one attached hydrogen (secondary N) is 2. The molecular formula is C25H31N5O7S. The Morgan fingerprint density at radius 3 is 2.45 bits per heavy atom. The first-order valence-corrected chi connectivity index (χ1v) is 13.3. The van der Waals surface area contributed by atoms with Crippen molar-refractivity contribution >= 4 is 34.2 Å². The van der Waals surface area contributed by atoms with E-state index < -0.39 is 46.6 Å². The van der Waals surface area contributed by atoms with E-state index in [1.165, 1.54) is 19.2 Å². The monoisotopic (exact) mass is 545 g/mol. The van der Waals surface area contributed by atoms with Crippen molar-refractivity contribution in [1.82, 2.24) is 19.6 Å². The lowest BCUT2D eigenvalue weighted by atomic mass is 9.99. The van der Waals surface area contributed by atoms with Gasteiger partial charge in [-0.15, -0.1) is 4.83 Å². The molecule has 2 atom stereocenters. The van der Waals surface area contributed by atoms with Gasteiger partial charge in [-0.25, -0.2) is 18.2 Å². The highest BCUT2D eigenvalue weighted by Crippen LogP contribution is 2.22. The number of hydrogen-bond acceptors (Lipinski definition) is 8. The SMILES string of the molecule is Cc1ccc(S(=O)(=O)NN(C)C(CC=N)[C@H]2C(=O)N(CC(=O)O)CCN2C(=O)OCc2ccccc2)cc1. The van der Waals surface area contributed by atoms with Crippen molar-refractivity contribution in [3.05, 3.63) is 65.7 Å². The average Bonchev–Trinajstić information content (AvgIpc) is 2.87. The van der Waals surface area contributed by atoms with Gasteiger partial charge in [0.25, 0.3) is 10.0 Å². The lowest BCUT2D eigenvalue weighted by molar-refractivity contribution is -0.151. The van der Waals surface area contributed by atoms with Gasteiger partial charge in [-0.05, 0) is 30.8 Å². The molecule has 1 unspecified atom stereocenters. The number of piperazine rings is 1. The van der Waals surface area contributed by atoms with E-state index in [4.69, 9.17) is 10.1 Å². The predicted molar refractivity (Wildman–Crippen MR) is 138 cm³/mol. The van der Waals surface area contributed by atoms with Gasteiger partial charge < -0.3 is 20.2 Å². The van der Waals surface area contributed by atoms with Gasteiger partial charge in [0.15, 0.2) is 0 Å². The molecule has 204 valence electrons. The first kappa shape index (κ1) is 28.8. The number of hydrogen-bond donors (Lipinski definition) is 3. The van der Waals surface area contributed by atoms with Crippen LogP contribution in [0.15, 0.2) is 59.5 Å². The molecule has 38 heavy (non-hydrogen) atoms. The Kier molecular flexibility index (Phi) is 9.55. The summed E-state index contributed by atoms with van der Waals surface area (Å²) in [5.74, 6) is -1.92. The zero-order valence-electron chi connectivity index (χ0n) is 21.1. The van der Waals surface area contributed by atoms with Crippen molar-refractivity contribution in [3.63, 3.8) is 0 Å². The molecule has 1 aliphatic rings. The van der Waals surface area contributed by atoms with Gasteiger partial charge in [0.05, 0.1) is 10.9 Å². The standard InChI is InChI=1S/C25H31N5O7S/c1-18-8-10-20(11-9-18)38(35,36)27-28(2)21(12-13-26)23-24(33)29(16-22(31)32)14-15-30(23)25(34)37-17-19-6-4-3-5-7-19/h3-11,13,21,23,26-27H,12,14-17H2,1-2H3,(H,31,32)/t21?,23-/m0/s1. The topological polar surface area (TPSA) is 160 Å². The van der Waals surface area contributed by atoms with Crippen LogP contribution < -0.4 is 4.83 Å². The van der Waals surface area contributed by atoms with Gasteiger partial charge >= 0.3 is 12.1 Å². The quantitative estimate of drug-likeness (QED) is 0.283. The van der Waals surface area contributed by atoms with Crippen molar-refractivity contribution in [1.29, 1.82) is 5.41 Å². The molecule has 1 heterocycles. The maximum absolute atomic E-state index is 13.5. The number of carboxylic acids is 1. The first-order valence-electron chi connectivity index (χ1n) is 11.8. The number of aryl methyl sites for hydroxylation is 1. The molecule has 2 amide bonds. The van der Waals surface area contributed by atoms with Crippen LogP contribution >= 0.6 is 0 Å². The van der Waals surface area contributed by atoms with Gasteiger partial charge in [-0.1, -0.05) is 48.0 Å². The zero-order chi connectivity index (χ0) is 27.9. The molecule has 0 bridgehead atoms. The molecule has 0 saturated carbocycles. The molecule has 2 aromatic rings. The lowest BCUT2D eigenvalue weighted by Gasteiger charge is -2.44. The van der Waals surface area contributed by atoms with Crippen LogP contribution in [0.2, 0.25) is 0 Å². The van der Waals surface area contributed by atoms with Gasteiger partial charge in [0, 0.05) is 26.6 Å². The summed E-state index contributed by atoms with van der Waals surface area (Å²) in [5.41, 5.74) is 1.60. The number of carbonyl (C=O) groups excluding carboxylic acids is 2. The zero-order valence-corrected chi connectivity index (χ0v) is 21.9. The van der Waals surface area contributed by atoms with E-state index in [0.717, 1.165) is 32.2 Å². The number of hydrazine groups is 1. The summed E-state index contributed by atoms with van der Waals surface area (Å²) < 4.78 is 31.5. The number of ether oxygens (including phenoxy) is 1. The third-order valence-corrected chi connectivity index (χ3v) is 7.51.